The van der Waals surface area contributed by atoms with Crippen LogP contribution in [-0.4, -0.2) is 295 Å². The average Bonchev–Trinajstić information content (AvgIpc) is 1.37. The molecule has 518 valence electrons. The number of hydrogen-bond acceptors (Lipinski definition) is 34. The van der Waals surface area contributed by atoms with Gasteiger partial charge in [-0.05, 0) is 59.7 Å². The quantitative estimate of drug-likeness (QED) is 0.0215. The molecule has 0 bridgehead atoms. The molecular formula is C60H74O34. The van der Waals surface area contributed by atoms with E-state index in [1.54, 1.807) is 6.07 Å². The first-order chi connectivity index (χ1) is 44.8. The van der Waals surface area contributed by atoms with Crippen molar-refractivity contribution in [2.45, 2.75) is 161 Å². The van der Waals surface area contributed by atoms with Crippen molar-refractivity contribution in [3.05, 3.63) is 102 Å². The van der Waals surface area contributed by atoms with Gasteiger partial charge < -0.3 is 143 Å². The number of methoxy groups -OCH3 is 1. The number of aromatic hydroxyl groups is 2. The molecule has 5 aliphatic heterocycles. The van der Waals surface area contributed by atoms with Crippen molar-refractivity contribution >= 4 is 42.0 Å². The Morgan fingerprint density at radius 3 is 1.61 bits per heavy atom. The van der Waals surface area contributed by atoms with Gasteiger partial charge in [0.2, 0.25) is 5.79 Å². The van der Waals surface area contributed by atoms with Gasteiger partial charge in [0.15, 0.2) is 48.9 Å². The number of aliphatic hydroxyl groups is 12. The maximum Gasteiger partial charge on any atom is 0.338 e. The third kappa shape index (κ3) is 17.4. The molecular weight excluding hydrogens is 1260 g/mol. The fourth-order valence-electron chi connectivity index (χ4n) is 10.5. The molecule has 0 amide bonds. The SMILES string of the molecule is COc1cc(/C=C/C(=O)O[C@H]2[C@H](O[C@H]3O[C@H](COC(C)=O)[C@@H](O)[C@H](O[C@H]4O[C@H](CO)[C@@H](O)[C@H](O)[C@H]4O)[C@H]3O)[C@@H](O[C@@H]3O[C@H](CO)[C@@H](O)[C@H](O)[C@H]3O)[C@@H](O[C@]3(COC(=O)/C=C/c4ccc(O)cc4)O[C@H](CO)[C@@H](O)[C@H]3OC(=O)c3ccccc3)O[C@@H]2COC(C)=O)ccc1O. The zero-order chi connectivity index (χ0) is 68.3. The minimum atomic E-state index is -3.01. The molecule has 3 aromatic carbocycles. The summed E-state index contributed by atoms with van der Waals surface area (Å²) in [5.74, 6) is -9.21. The summed E-state index contributed by atoms with van der Waals surface area (Å²) in [6.45, 7) is -4.50. The van der Waals surface area contributed by atoms with Gasteiger partial charge in [0.1, 0.15) is 129 Å². The van der Waals surface area contributed by atoms with E-state index in [2.05, 4.69) is 0 Å². The molecule has 0 spiro atoms. The molecule has 0 aliphatic carbocycles. The van der Waals surface area contributed by atoms with E-state index < -0.39 is 216 Å². The molecule has 14 N–H and O–H groups in total. The largest absolute Gasteiger partial charge is 0.508 e. The first-order valence-corrected chi connectivity index (χ1v) is 29.1. The van der Waals surface area contributed by atoms with Crippen LogP contribution in [-0.2, 0) is 85.5 Å². The zero-order valence-corrected chi connectivity index (χ0v) is 50.2. The number of aliphatic hydroxyl groups excluding tert-OH is 12. The van der Waals surface area contributed by atoms with Crippen LogP contribution in [0.25, 0.3) is 12.2 Å². The normalized spacial score (nSPS) is 36.0. The molecule has 34 heteroatoms. The van der Waals surface area contributed by atoms with Crippen LogP contribution in [0.15, 0.2) is 84.9 Å². The molecule has 5 heterocycles. The van der Waals surface area contributed by atoms with Crippen molar-refractivity contribution in [3.8, 4) is 17.2 Å². The molecule has 5 saturated heterocycles. The van der Waals surface area contributed by atoms with Gasteiger partial charge in [-0.1, -0.05) is 36.4 Å². The van der Waals surface area contributed by atoms with Gasteiger partial charge >= 0.3 is 29.8 Å². The summed E-state index contributed by atoms with van der Waals surface area (Å²) in [6, 6.07) is 16.4. The Bertz CT molecular complexity index is 3060. The van der Waals surface area contributed by atoms with E-state index in [4.69, 9.17) is 71.1 Å². The van der Waals surface area contributed by atoms with E-state index in [0.29, 0.717) is 5.56 Å². The van der Waals surface area contributed by atoms with Gasteiger partial charge in [0, 0.05) is 26.0 Å². The molecule has 0 radical (unpaired) electrons. The summed E-state index contributed by atoms with van der Waals surface area (Å²) < 4.78 is 89.0. The lowest BCUT2D eigenvalue weighted by Crippen LogP contribution is -2.69. The lowest BCUT2D eigenvalue weighted by molar-refractivity contribution is -0.423. The van der Waals surface area contributed by atoms with E-state index in [0.717, 1.165) is 32.1 Å². The minimum Gasteiger partial charge on any atom is -0.508 e. The topological polar surface area (TPSA) is 507 Å². The Balaban J connectivity index is 1.31. The van der Waals surface area contributed by atoms with Crippen LogP contribution in [0.2, 0.25) is 0 Å². The van der Waals surface area contributed by atoms with Crippen molar-refractivity contribution in [1.29, 1.82) is 0 Å². The first kappa shape index (κ1) is 72.9. The highest BCUT2D eigenvalue weighted by atomic mass is 16.8. The van der Waals surface area contributed by atoms with Crippen LogP contribution in [0.4, 0.5) is 0 Å². The summed E-state index contributed by atoms with van der Waals surface area (Å²) in [4.78, 5) is 67.5. The molecule has 5 fully saturated rings. The van der Waals surface area contributed by atoms with Gasteiger partial charge in [0.25, 0.3) is 0 Å². The van der Waals surface area contributed by atoms with Crippen LogP contribution in [0.5, 0.6) is 17.2 Å². The number of benzene rings is 3. The third-order valence-corrected chi connectivity index (χ3v) is 15.5. The second kappa shape index (κ2) is 32.7. The summed E-state index contributed by atoms with van der Waals surface area (Å²) in [7, 11) is 1.25. The summed E-state index contributed by atoms with van der Waals surface area (Å²) >= 11 is 0. The van der Waals surface area contributed by atoms with Gasteiger partial charge in [-0.3, -0.25) is 9.59 Å². The Hall–Kier alpha value is -6.95. The summed E-state index contributed by atoms with van der Waals surface area (Å²) in [5, 5.41) is 154. The zero-order valence-electron chi connectivity index (χ0n) is 50.2. The van der Waals surface area contributed by atoms with Gasteiger partial charge in [0.05, 0.1) is 32.5 Å². The van der Waals surface area contributed by atoms with Crippen LogP contribution in [0.1, 0.15) is 35.3 Å². The van der Waals surface area contributed by atoms with E-state index >= 15 is 0 Å². The van der Waals surface area contributed by atoms with Crippen molar-refractivity contribution in [3.63, 3.8) is 0 Å². The first-order valence-electron chi connectivity index (χ1n) is 29.1. The van der Waals surface area contributed by atoms with E-state index in [-0.39, 0.29) is 28.4 Å². The monoisotopic (exact) mass is 1340 g/mol. The lowest BCUT2D eigenvalue weighted by atomic mass is 9.95. The van der Waals surface area contributed by atoms with E-state index in [1.165, 1.54) is 79.9 Å². The summed E-state index contributed by atoms with van der Waals surface area (Å²) in [6.07, 6.45) is -45.8. The Labute approximate surface area is 533 Å². The molecule has 0 unspecified atom stereocenters. The number of ether oxygens (including phenoxy) is 15. The standard InChI is InChI=1S/C60H74O34/c1-26(64)81-23-37-43(72)51(89-56-47(76)45(74)41(70)34(20-61)84-56)49(78)58(86-37)90-52-50(88-40(69)18-13-29-11-16-32(67)33(19-29)80-3)38(24-82-27(2)65)87-59(53(52)91-57-48(77)46(75)42(71)35(21-62)85-57)94-60(25-83-39(68)17-12-28-9-14-31(66)15-10-28)54(44(73)36(22-63)93-60)92-55(79)30-7-5-4-6-8-30/h4-19,34-38,41-54,56-59,61-63,66-67,70-78H,20-25H2,1-3H3/b17-12+,18-13+/t34-,35-,36-,37-,38-,41-,42-,43-,44-,45+,46+,47-,48-,49-,50-,51+,52+,53-,54-,56-,57+,58-,59-,60+/m1/s1. The minimum absolute atomic E-state index is 0.0402. The molecule has 34 nitrogen and oxygen atoms in total. The number of phenols is 2. The number of phenolic OH excluding ortho intramolecular Hbond substituents is 2. The van der Waals surface area contributed by atoms with Crippen molar-refractivity contribution in [2.75, 3.05) is 46.8 Å². The predicted octanol–water partition coefficient (Wildman–Crippen LogP) is -4.97. The highest BCUT2D eigenvalue weighted by molar-refractivity contribution is 5.90. The second-order valence-electron chi connectivity index (χ2n) is 22.0. The Kier molecular flexibility index (Phi) is 25.3. The Morgan fingerprint density at radius 2 is 1.02 bits per heavy atom. The van der Waals surface area contributed by atoms with Crippen LogP contribution >= 0.6 is 0 Å². The number of esters is 5. The number of carbonyl (C=O) groups excluding carboxylic acids is 5. The highest BCUT2D eigenvalue weighted by Gasteiger charge is 2.64. The molecule has 0 aromatic heterocycles. The van der Waals surface area contributed by atoms with Crippen molar-refractivity contribution in [1.82, 2.24) is 0 Å². The molecule has 24 atom stereocenters. The smallest absolute Gasteiger partial charge is 0.338 e. The third-order valence-electron chi connectivity index (χ3n) is 15.5. The van der Waals surface area contributed by atoms with E-state index in [9.17, 15) is 95.5 Å². The van der Waals surface area contributed by atoms with Gasteiger partial charge in [-0.25, -0.2) is 14.4 Å². The number of hydrogen-bond donors (Lipinski definition) is 14. The number of carbonyl (C=O) groups is 5. The molecule has 3 aromatic rings. The van der Waals surface area contributed by atoms with Gasteiger partial charge in [-0.15, -0.1) is 0 Å². The van der Waals surface area contributed by atoms with Crippen LogP contribution in [0, 0.1) is 0 Å². The van der Waals surface area contributed by atoms with Gasteiger partial charge in [-0.2, -0.15) is 0 Å². The van der Waals surface area contributed by atoms with Crippen molar-refractivity contribution in [2.24, 2.45) is 0 Å². The molecule has 5 aliphatic rings. The maximum atomic E-state index is 14.4. The second-order valence-corrected chi connectivity index (χ2v) is 22.0. The van der Waals surface area contributed by atoms with Crippen molar-refractivity contribution < 1.29 is 167 Å². The van der Waals surface area contributed by atoms with Crippen LogP contribution in [0.3, 0.4) is 0 Å². The Morgan fingerprint density at radius 1 is 0.500 bits per heavy atom. The molecule has 8 rings (SSSR count). The fraction of sp³-hybridized carbons (Fsp3) is 0.550. The lowest BCUT2D eigenvalue weighted by Gasteiger charge is -2.51. The highest BCUT2D eigenvalue weighted by Crippen LogP contribution is 2.43. The predicted molar refractivity (Wildman–Crippen MR) is 304 cm³/mol. The maximum absolute atomic E-state index is 14.4. The number of rotatable bonds is 25. The van der Waals surface area contributed by atoms with Crippen LogP contribution < -0.4 is 4.74 Å². The van der Waals surface area contributed by atoms with E-state index in [1.807, 2.05) is 0 Å². The fourth-order valence-corrected chi connectivity index (χ4v) is 10.5. The average molecular weight is 1340 g/mol. The molecule has 94 heavy (non-hydrogen) atoms. The summed E-state index contributed by atoms with van der Waals surface area (Å²) in [5.41, 5.74) is 0.408. The molecule has 0 saturated carbocycles.